The molecule has 0 aliphatic carbocycles. The summed E-state index contributed by atoms with van der Waals surface area (Å²) in [6.07, 6.45) is 1.90. The number of aromatic amines is 1. The molecule has 0 aliphatic rings. The van der Waals surface area contributed by atoms with Gasteiger partial charge in [-0.05, 0) is 30.5 Å². The van der Waals surface area contributed by atoms with Gasteiger partial charge in [0.1, 0.15) is 0 Å². The number of hydrogen-bond acceptors (Lipinski definition) is 1. The van der Waals surface area contributed by atoms with Crippen LogP contribution in [0.2, 0.25) is 0 Å². The Labute approximate surface area is 105 Å². The van der Waals surface area contributed by atoms with Crippen molar-refractivity contribution in [2.24, 2.45) is 0 Å². The lowest BCUT2D eigenvalue weighted by Crippen LogP contribution is -1.84. The number of hydrogen-bond donors (Lipinski definition) is 1. The number of aromatic nitrogens is 2. The molecule has 0 radical (unpaired) electrons. The predicted molar refractivity (Wildman–Crippen MR) is 77.6 cm³/mol. The smallest absolute Gasteiger partial charge is 0.0881 e. The molecular formula is C15H26N2. The molecule has 0 atom stereocenters. The zero-order valence-electron chi connectivity index (χ0n) is 12.3. The van der Waals surface area contributed by atoms with Gasteiger partial charge in [0.05, 0.1) is 11.0 Å². The van der Waals surface area contributed by atoms with Crippen LogP contribution in [0.5, 0.6) is 0 Å². The highest BCUT2D eigenvalue weighted by atomic mass is 14.8. The van der Waals surface area contributed by atoms with Crippen molar-refractivity contribution < 1.29 is 0 Å². The first kappa shape index (κ1) is 15.7. The first-order chi connectivity index (χ1) is 8.16. The molecule has 0 aromatic carbocycles. The van der Waals surface area contributed by atoms with Crippen molar-refractivity contribution in [2.45, 2.75) is 54.4 Å². The highest BCUT2D eigenvalue weighted by Crippen LogP contribution is 2.19. The number of pyridine rings is 1. The molecule has 17 heavy (non-hydrogen) atoms. The van der Waals surface area contributed by atoms with E-state index in [0.29, 0.717) is 5.92 Å². The number of rotatable bonds is 1. The summed E-state index contributed by atoms with van der Waals surface area (Å²) in [5, 5.41) is 0. The number of nitrogens with one attached hydrogen (secondary N) is 1. The molecule has 0 fully saturated rings. The molecule has 2 heterocycles. The van der Waals surface area contributed by atoms with Gasteiger partial charge in [-0.3, -0.25) is 4.98 Å². The van der Waals surface area contributed by atoms with Crippen LogP contribution < -0.4 is 0 Å². The summed E-state index contributed by atoms with van der Waals surface area (Å²) in [7, 11) is 0. The molecule has 0 saturated heterocycles. The van der Waals surface area contributed by atoms with Gasteiger partial charge < -0.3 is 4.98 Å². The van der Waals surface area contributed by atoms with E-state index in [9.17, 15) is 0 Å². The third-order valence-electron chi connectivity index (χ3n) is 2.25. The van der Waals surface area contributed by atoms with E-state index in [4.69, 9.17) is 0 Å². The zero-order chi connectivity index (χ0) is 13.4. The molecule has 2 nitrogen and oxygen atoms in total. The fraction of sp³-hybridized carbons (Fsp3) is 0.533. The van der Waals surface area contributed by atoms with Crippen molar-refractivity contribution in [1.82, 2.24) is 9.97 Å². The van der Waals surface area contributed by atoms with Crippen LogP contribution in [0, 0.1) is 6.92 Å². The van der Waals surface area contributed by atoms with Crippen molar-refractivity contribution in [3.8, 4) is 0 Å². The van der Waals surface area contributed by atoms with E-state index in [1.807, 2.05) is 33.9 Å². The molecule has 0 spiro atoms. The summed E-state index contributed by atoms with van der Waals surface area (Å²) >= 11 is 0. The van der Waals surface area contributed by atoms with E-state index in [0.717, 1.165) is 11.0 Å². The maximum atomic E-state index is 4.35. The Morgan fingerprint density at radius 1 is 1.06 bits per heavy atom. The Kier molecular flexibility index (Phi) is 7.27. The van der Waals surface area contributed by atoms with Crippen LogP contribution in [0.25, 0.3) is 11.0 Å². The molecule has 2 aromatic rings. The van der Waals surface area contributed by atoms with Crippen LogP contribution in [0.1, 0.15) is 58.7 Å². The van der Waals surface area contributed by atoms with Crippen molar-refractivity contribution >= 4 is 11.0 Å². The summed E-state index contributed by atoms with van der Waals surface area (Å²) < 4.78 is 0. The summed E-state index contributed by atoms with van der Waals surface area (Å²) in [6.45, 7) is 14.4. The van der Waals surface area contributed by atoms with E-state index in [2.05, 4.69) is 42.9 Å². The molecule has 96 valence electrons. The van der Waals surface area contributed by atoms with Crippen molar-refractivity contribution in [3.63, 3.8) is 0 Å². The SMILES string of the molecule is CC.CC.Cc1cnc2cc(C(C)C)[nH]c2c1. The van der Waals surface area contributed by atoms with Gasteiger partial charge in [0.2, 0.25) is 0 Å². The lowest BCUT2D eigenvalue weighted by atomic mass is 10.1. The van der Waals surface area contributed by atoms with Crippen LogP contribution in [-0.4, -0.2) is 9.97 Å². The molecule has 1 N–H and O–H groups in total. The first-order valence-corrected chi connectivity index (χ1v) is 6.62. The molecular weight excluding hydrogens is 208 g/mol. The van der Waals surface area contributed by atoms with Crippen LogP contribution in [0.15, 0.2) is 18.3 Å². The molecule has 2 heteroatoms. The van der Waals surface area contributed by atoms with Gasteiger partial charge in [0.15, 0.2) is 0 Å². The third kappa shape index (κ3) is 4.22. The topological polar surface area (TPSA) is 28.7 Å². The molecule has 0 amide bonds. The Morgan fingerprint density at radius 2 is 1.65 bits per heavy atom. The molecule has 0 aliphatic heterocycles. The zero-order valence-corrected chi connectivity index (χ0v) is 12.3. The van der Waals surface area contributed by atoms with Gasteiger partial charge in [-0.15, -0.1) is 0 Å². The highest BCUT2D eigenvalue weighted by Gasteiger charge is 2.04. The second-order valence-electron chi connectivity index (χ2n) is 3.82. The van der Waals surface area contributed by atoms with E-state index >= 15 is 0 Å². The second-order valence-corrected chi connectivity index (χ2v) is 3.82. The van der Waals surface area contributed by atoms with Crippen LogP contribution in [0.4, 0.5) is 0 Å². The van der Waals surface area contributed by atoms with Gasteiger partial charge in [0.25, 0.3) is 0 Å². The van der Waals surface area contributed by atoms with Crippen molar-refractivity contribution in [2.75, 3.05) is 0 Å². The average Bonchev–Trinajstić information content (AvgIpc) is 2.77. The maximum Gasteiger partial charge on any atom is 0.0881 e. The maximum absolute atomic E-state index is 4.35. The number of fused-ring (bicyclic) bond motifs is 1. The Morgan fingerprint density at radius 3 is 2.18 bits per heavy atom. The monoisotopic (exact) mass is 234 g/mol. The molecule has 2 rings (SSSR count). The Balaban J connectivity index is 0.000000581. The highest BCUT2D eigenvalue weighted by molar-refractivity contribution is 5.76. The van der Waals surface area contributed by atoms with E-state index in [1.54, 1.807) is 0 Å². The Bertz CT molecular complexity index is 427. The van der Waals surface area contributed by atoms with Gasteiger partial charge in [-0.2, -0.15) is 0 Å². The van der Waals surface area contributed by atoms with Gasteiger partial charge in [-0.25, -0.2) is 0 Å². The molecule has 0 unspecified atom stereocenters. The van der Waals surface area contributed by atoms with Gasteiger partial charge in [-0.1, -0.05) is 41.5 Å². The fourth-order valence-corrected chi connectivity index (χ4v) is 1.44. The number of H-pyrrole nitrogens is 1. The minimum absolute atomic E-state index is 0.537. The standard InChI is InChI=1S/C11H14N2.2C2H6/c1-7(2)9-5-10-11(13-9)4-8(3)6-12-10;2*1-2/h4-7,13H,1-3H3;2*1-2H3. The summed E-state index contributed by atoms with van der Waals surface area (Å²) in [4.78, 5) is 7.73. The molecule has 2 aromatic heterocycles. The summed E-state index contributed by atoms with van der Waals surface area (Å²) in [5.41, 5.74) is 4.66. The van der Waals surface area contributed by atoms with Crippen LogP contribution in [-0.2, 0) is 0 Å². The predicted octanol–water partition coefficient (Wildman–Crippen LogP) is 5.05. The number of nitrogens with zero attached hydrogens (tertiary/aromatic N) is 1. The summed E-state index contributed by atoms with van der Waals surface area (Å²) in [6, 6.07) is 4.26. The molecule has 0 bridgehead atoms. The lowest BCUT2D eigenvalue weighted by molar-refractivity contribution is 0.836. The van der Waals surface area contributed by atoms with Crippen LogP contribution >= 0.6 is 0 Å². The third-order valence-corrected chi connectivity index (χ3v) is 2.25. The van der Waals surface area contributed by atoms with Gasteiger partial charge >= 0.3 is 0 Å². The normalized spacial score (nSPS) is 9.41. The van der Waals surface area contributed by atoms with Crippen LogP contribution in [0.3, 0.4) is 0 Å². The minimum atomic E-state index is 0.537. The minimum Gasteiger partial charge on any atom is -0.357 e. The van der Waals surface area contributed by atoms with Gasteiger partial charge in [0, 0.05) is 11.9 Å². The van der Waals surface area contributed by atoms with Crippen molar-refractivity contribution in [3.05, 3.63) is 29.6 Å². The van der Waals surface area contributed by atoms with Crippen molar-refractivity contribution in [1.29, 1.82) is 0 Å². The van der Waals surface area contributed by atoms with E-state index in [1.165, 1.54) is 11.3 Å². The largest absolute Gasteiger partial charge is 0.357 e. The fourth-order valence-electron chi connectivity index (χ4n) is 1.44. The number of aryl methyl sites for hydroxylation is 1. The van der Waals surface area contributed by atoms with E-state index in [-0.39, 0.29) is 0 Å². The first-order valence-electron chi connectivity index (χ1n) is 6.62. The quantitative estimate of drug-likeness (QED) is 0.735. The molecule has 0 saturated carbocycles. The van der Waals surface area contributed by atoms with E-state index < -0.39 is 0 Å². The second kappa shape index (κ2) is 7.88. The Hall–Kier alpha value is -1.31. The average molecular weight is 234 g/mol. The lowest BCUT2D eigenvalue weighted by Gasteiger charge is -1.97. The summed E-state index contributed by atoms with van der Waals surface area (Å²) in [5.74, 6) is 0.537.